The summed E-state index contributed by atoms with van der Waals surface area (Å²) >= 11 is 0. The molecule has 0 aliphatic heterocycles. The maximum absolute atomic E-state index is 12.7. The molecule has 62 heavy (non-hydrogen) atoms. The number of hydrogen-bond donors (Lipinski definition) is 0. The first-order valence-corrected chi connectivity index (χ1v) is 26.5. The highest BCUT2D eigenvalue weighted by Gasteiger charge is 2.17. The van der Waals surface area contributed by atoms with E-state index in [0.29, 0.717) is 19.4 Å². The number of ether oxygens (including phenoxy) is 3. The van der Waals surface area contributed by atoms with Crippen LogP contribution in [0, 0.1) is 0 Å². The van der Waals surface area contributed by atoms with E-state index in [0.717, 1.165) is 70.6 Å². The molecule has 0 fully saturated rings. The lowest BCUT2D eigenvalue weighted by Crippen LogP contribution is -2.30. The van der Waals surface area contributed by atoms with Crippen LogP contribution in [0.3, 0.4) is 0 Å². The smallest absolute Gasteiger partial charge is 0.306 e. The molecule has 0 bridgehead atoms. The third-order valence-corrected chi connectivity index (χ3v) is 11.2. The van der Waals surface area contributed by atoms with E-state index in [1.807, 2.05) is 0 Å². The zero-order chi connectivity index (χ0) is 44.9. The summed E-state index contributed by atoms with van der Waals surface area (Å²) in [5.74, 6) is -0.463. The lowest BCUT2D eigenvalue weighted by molar-refractivity contribution is -0.163. The minimum Gasteiger partial charge on any atom is -0.462 e. The maximum atomic E-state index is 12.7. The van der Waals surface area contributed by atoms with Gasteiger partial charge in [0, 0.05) is 19.4 Å². The molecular weight excluding hydrogens is 765 g/mol. The van der Waals surface area contributed by atoms with Crippen molar-refractivity contribution in [2.75, 3.05) is 19.8 Å². The summed E-state index contributed by atoms with van der Waals surface area (Å²) in [5.41, 5.74) is 0. The molecule has 0 amide bonds. The molecular formula is C57H100O5. The number of allylic oxidation sites excluding steroid dienone is 12. The van der Waals surface area contributed by atoms with Gasteiger partial charge in [0.2, 0.25) is 0 Å². The normalized spacial score (nSPS) is 12.8. The van der Waals surface area contributed by atoms with Crippen molar-refractivity contribution in [1.82, 2.24) is 0 Å². The summed E-state index contributed by atoms with van der Waals surface area (Å²) in [7, 11) is 0. The average molecular weight is 865 g/mol. The molecule has 358 valence electrons. The highest BCUT2D eigenvalue weighted by Crippen LogP contribution is 2.14. The van der Waals surface area contributed by atoms with Crippen LogP contribution in [0.15, 0.2) is 72.9 Å². The SMILES string of the molecule is CC/C=C\C/C=C\C/C=C\C/C=C\C/C=C\CCCC(=O)OCC(COCCCCCCCCCCCC/C=C\CCCCCCCC)OC(=O)CCCCCCCCCCC. The van der Waals surface area contributed by atoms with Gasteiger partial charge < -0.3 is 14.2 Å². The molecule has 0 spiro atoms. The van der Waals surface area contributed by atoms with E-state index < -0.39 is 6.10 Å². The molecule has 1 atom stereocenters. The van der Waals surface area contributed by atoms with E-state index in [9.17, 15) is 9.59 Å². The molecule has 0 aromatic carbocycles. The van der Waals surface area contributed by atoms with Crippen molar-refractivity contribution in [3.63, 3.8) is 0 Å². The van der Waals surface area contributed by atoms with Crippen LogP contribution in [0.4, 0.5) is 0 Å². The third-order valence-electron chi connectivity index (χ3n) is 11.2. The summed E-state index contributed by atoms with van der Waals surface area (Å²) in [6.45, 7) is 7.65. The second-order valence-corrected chi connectivity index (χ2v) is 17.4. The summed E-state index contributed by atoms with van der Waals surface area (Å²) in [4.78, 5) is 25.3. The molecule has 5 heteroatoms. The fraction of sp³-hybridized carbons (Fsp3) is 0.754. The number of carbonyl (C=O) groups excluding carboxylic acids is 2. The van der Waals surface area contributed by atoms with Crippen molar-refractivity contribution >= 4 is 11.9 Å². The minimum atomic E-state index is -0.558. The van der Waals surface area contributed by atoms with Crippen LogP contribution >= 0.6 is 0 Å². The molecule has 5 nitrogen and oxygen atoms in total. The number of hydrogen-bond acceptors (Lipinski definition) is 5. The fourth-order valence-corrected chi connectivity index (χ4v) is 7.31. The van der Waals surface area contributed by atoms with Gasteiger partial charge in [0.25, 0.3) is 0 Å². The summed E-state index contributed by atoms with van der Waals surface area (Å²) in [6, 6.07) is 0. The van der Waals surface area contributed by atoms with Crippen molar-refractivity contribution in [3.8, 4) is 0 Å². The highest BCUT2D eigenvalue weighted by atomic mass is 16.6. The van der Waals surface area contributed by atoms with Gasteiger partial charge in [-0.1, -0.05) is 229 Å². The molecule has 1 unspecified atom stereocenters. The summed E-state index contributed by atoms with van der Waals surface area (Å²) in [6.07, 6.45) is 67.8. The first-order valence-electron chi connectivity index (χ1n) is 26.5. The Hall–Kier alpha value is -2.66. The Balaban J connectivity index is 4.24. The quantitative estimate of drug-likeness (QED) is 0.0346. The van der Waals surface area contributed by atoms with E-state index in [1.165, 1.54) is 148 Å². The number of carbonyl (C=O) groups is 2. The Labute approximate surface area is 385 Å². The van der Waals surface area contributed by atoms with E-state index in [-0.39, 0.29) is 25.2 Å². The van der Waals surface area contributed by atoms with Gasteiger partial charge in [-0.3, -0.25) is 9.59 Å². The molecule has 0 radical (unpaired) electrons. The first kappa shape index (κ1) is 59.3. The lowest BCUT2D eigenvalue weighted by atomic mass is 10.1. The van der Waals surface area contributed by atoms with Crippen LogP contribution in [-0.4, -0.2) is 37.9 Å². The number of esters is 2. The molecule has 0 aliphatic carbocycles. The Morgan fingerprint density at radius 3 is 1.23 bits per heavy atom. The molecule has 0 saturated heterocycles. The topological polar surface area (TPSA) is 61.8 Å². The van der Waals surface area contributed by atoms with Crippen LogP contribution in [0.5, 0.6) is 0 Å². The van der Waals surface area contributed by atoms with E-state index in [4.69, 9.17) is 14.2 Å². The zero-order valence-corrected chi connectivity index (χ0v) is 41.1. The van der Waals surface area contributed by atoms with Crippen molar-refractivity contribution in [2.45, 2.75) is 258 Å². The van der Waals surface area contributed by atoms with E-state index >= 15 is 0 Å². The van der Waals surface area contributed by atoms with Gasteiger partial charge in [0.05, 0.1) is 6.61 Å². The van der Waals surface area contributed by atoms with Crippen molar-refractivity contribution in [2.24, 2.45) is 0 Å². The Bertz CT molecular complexity index is 1110. The van der Waals surface area contributed by atoms with Crippen LogP contribution in [0.25, 0.3) is 0 Å². The predicted molar refractivity (Wildman–Crippen MR) is 270 cm³/mol. The Kier molecular flexibility index (Phi) is 50.4. The van der Waals surface area contributed by atoms with Crippen molar-refractivity contribution in [1.29, 1.82) is 0 Å². The van der Waals surface area contributed by atoms with Crippen molar-refractivity contribution < 1.29 is 23.8 Å². The summed E-state index contributed by atoms with van der Waals surface area (Å²) in [5, 5.41) is 0. The first-order chi connectivity index (χ1) is 30.6. The van der Waals surface area contributed by atoms with Gasteiger partial charge in [0.15, 0.2) is 6.10 Å². The Morgan fingerprint density at radius 1 is 0.371 bits per heavy atom. The number of rotatable bonds is 48. The third kappa shape index (κ3) is 50.0. The van der Waals surface area contributed by atoms with Crippen LogP contribution in [0.2, 0.25) is 0 Å². The van der Waals surface area contributed by atoms with E-state index in [1.54, 1.807) is 0 Å². The largest absolute Gasteiger partial charge is 0.462 e. The monoisotopic (exact) mass is 865 g/mol. The maximum Gasteiger partial charge on any atom is 0.306 e. The van der Waals surface area contributed by atoms with Gasteiger partial charge in [-0.2, -0.15) is 0 Å². The molecule has 0 rings (SSSR count). The average Bonchev–Trinajstić information content (AvgIpc) is 3.27. The van der Waals surface area contributed by atoms with Gasteiger partial charge >= 0.3 is 11.9 Å². The van der Waals surface area contributed by atoms with E-state index in [2.05, 4.69) is 93.7 Å². The standard InChI is InChI=1S/C57H100O5/c1-4-7-10-13-16-19-21-23-25-27-28-29-31-33-35-37-40-43-46-49-52-60-53-55(62-57(59)51-48-45-42-38-18-15-12-9-6-3)54-61-56(58)50-47-44-41-39-36-34-32-30-26-24-22-20-17-14-11-8-5-2/h8,11,17,20,23-26,32,34,39,41,55H,4-7,9-10,12-16,18-19,21-22,27-31,33,35-38,40,42-54H2,1-3H3/b11-8-,20-17-,25-23-,26-24-,34-32-,41-39-. The predicted octanol–water partition coefficient (Wildman–Crippen LogP) is 17.9. The lowest BCUT2D eigenvalue weighted by Gasteiger charge is -2.18. The van der Waals surface area contributed by atoms with Gasteiger partial charge in [-0.25, -0.2) is 0 Å². The van der Waals surface area contributed by atoms with Crippen molar-refractivity contribution in [3.05, 3.63) is 72.9 Å². The second-order valence-electron chi connectivity index (χ2n) is 17.4. The molecule has 0 aromatic rings. The fourth-order valence-electron chi connectivity index (χ4n) is 7.31. The second kappa shape index (κ2) is 52.7. The molecule has 0 heterocycles. The highest BCUT2D eigenvalue weighted by molar-refractivity contribution is 5.70. The van der Waals surface area contributed by atoms with Gasteiger partial charge in [0.1, 0.15) is 6.61 Å². The summed E-state index contributed by atoms with van der Waals surface area (Å²) < 4.78 is 17.3. The molecule has 0 aromatic heterocycles. The zero-order valence-electron chi connectivity index (χ0n) is 41.1. The molecule has 0 saturated carbocycles. The van der Waals surface area contributed by atoms with Gasteiger partial charge in [-0.15, -0.1) is 0 Å². The number of unbranched alkanes of at least 4 members (excludes halogenated alkanes) is 25. The van der Waals surface area contributed by atoms with Gasteiger partial charge in [-0.05, 0) is 83.5 Å². The molecule has 0 N–H and O–H groups in total. The molecule has 0 aliphatic rings. The van der Waals surface area contributed by atoms with Crippen LogP contribution in [0.1, 0.15) is 252 Å². The Morgan fingerprint density at radius 2 is 0.742 bits per heavy atom. The minimum absolute atomic E-state index is 0.0555. The van der Waals surface area contributed by atoms with Crippen LogP contribution in [-0.2, 0) is 23.8 Å². The van der Waals surface area contributed by atoms with Crippen LogP contribution < -0.4 is 0 Å².